The number of esters is 1. The van der Waals surface area contributed by atoms with Crippen molar-refractivity contribution in [1.82, 2.24) is 0 Å². The molecule has 0 spiro atoms. The molecule has 0 aliphatic heterocycles. The van der Waals surface area contributed by atoms with Crippen molar-refractivity contribution in [3.05, 3.63) is 0 Å². The first-order valence-electron chi connectivity index (χ1n) is 4.85. The molecular weight excluding hydrogens is 164 g/mol. The van der Waals surface area contributed by atoms with Crippen LogP contribution in [0.4, 0.5) is 0 Å². The molecule has 2 heteroatoms. The highest BCUT2D eigenvalue weighted by molar-refractivity contribution is 5.69. The fourth-order valence-electron chi connectivity index (χ4n) is 1.05. The van der Waals surface area contributed by atoms with Crippen molar-refractivity contribution in [1.29, 1.82) is 0 Å². The van der Waals surface area contributed by atoms with Crippen molar-refractivity contribution in [2.75, 3.05) is 7.11 Å². The summed E-state index contributed by atoms with van der Waals surface area (Å²) in [6.45, 7) is 0. The predicted octanol–water partition coefficient (Wildman–Crippen LogP) is 2.13. The number of rotatable bonds is 4. The van der Waals surface area contributed by atoms with E-state index in [1.165, 1.54) is 20.0 Å². The second kappa shape index (κ2) is 5.64. The van der Waals surface area contributed by atoms with E-state index in [-0.39, 0.29) is 5.97 Å². The van der Waals surface area contributed by atoms with E-state index < -0.39 is 0 Å². The van der Waals surface area contributed by atoms with Crippen molar-refractivity contribution in [2.24, 2.45) is 5.92 Å². The second-order valence-corrected chi connectivity index (χ2v) is 3.43. The van der Waals surface area contributed by atoms with Gasteiger partial charge in [0.1, 0.15) is 0 Å². The molecule has 0 unspecified atom stereocenters. The monoisotopic (exact) mass is 180 g/mol. The van der Waals surface area contributed by atoms with E-state index in [4.69, 9.17) is 0 Å². The Hall–Kier alpha value is -0.970. The summed E-state index contributed by atoms with van der Waals surface area (Å²) in [4.78, 5) is 10.7. The summed E-state index contributed by atoms with van der Waals surface area (Å²) in [6, 6.07) is 0. The summed E-state index contributed by atoms with van der Waals surface area (Å²) in [7, 11) is 1.42. The zero-order chi connectivity index (χ0) is 9.52. The van der Waals surface area contributed by atoms with Crippen LogP contribution in [0.3, 0.4) is 0 Å². The molecule has 13 heavy (non-hydrogen) atoms. The Kier molecular flexibility index (Phi) is 4.39. The Morgan fingerprint density at radius 2 is 2.23 bits per heavy atom. The molecule has 0 radical (unpaired) electrons. The quantitative estimate of drug-likeness (QED) is 0.376. The fraction of sp³-hybridized carbons (Fsp3) is 0.727. The maximum atomic E-state index is 10.7. The minimum absolute atomic E-state index is 0.135. The number of hydrogen-bond acceptors (Lipinski definition) is 2. The lowest BCUT2D eigenvalue weighted by atomic mass is 10.2. The molecule has 1 aliphatic carbocycles. The summed E-state index contributed by atoms with van der Waals surface area (Å²) in [5.41, 5.74) is 0. The molecule has 1 saturated carbocycles. The molecule has 2 nitrogen and oxygen atoms in total. The van der Waals surface area contributed by atoms with Crippen LogP contribution in [-0.2, 0) is 9.53 Å². The lowest BCUT2D eigenvalue weighted by molar-refractivity contribution is -0.140. The first kappa shape index (κ1) is 10.1. The van der Waals surface area contributed by atoms with Crippen molar-refractivity contribution in [3.63, 3.8) is 0 Å². The van der Waals surface area contributed by atoms with E-state index in [2.05, 4.69) is 16.6 Å². The summed E-state index contributed by atoms with van der Waals surface area (Å²) in [5.74, 6) is 6.96. The van der Waals surface area contributed by atoms with Gasteiger partial charge in [-0.15, -0.1) is 11.8 Å². The van der Waals surface area contributed by atoms with Gasteiger partial charge in [-0.3, -0.25) is 4.79 Å². The number of carbonyl (C=O) groups excluding carboxylic acids is 1. The fourth-order valence-corrected chi connectivity index (χ4v) is 1.05. The van der Waals surface area contributed by atoms with Crippen molar-refractivity contribution in [3.8, 4) is 11.8 Å². The van der Waals surface area contributed by atoms with Crippen LogP contribution in [0.1, 0.15) is 38.5 Å². The van der Waals surface area contributed by atoms with Gasteiger partial charge in [0.05, 0.1) is 7.11 Å². The topological polar surface area (TPSA) is 26.3 Å². The molecular formula is C11H16O2. The van der Waals surface area contributed by atoms with E-state index in [1.807, 2.05) is 0 Å². The molecule has 0 saturated heterocycles. The van der Waals surface area contributed by atoms with Gasteiger partial charge in [0, 0.05) is 19.3 Å². The predicted molar refractivity (Wildman–Crippen MR) is 51.0 cm³/mol. The van der Waals surface area contributed by atoms with Crippen LogP contribution in [0.15, 0.2) is 0 Å². The SMILES string of the molecule is COC(=O)CCCC#CCC1CC1. The highest BCUT2D eigenvalue weighted by Gasteiger charge is 2.19. The second-order valence-electron chi connectivity index (χ2n) is 3.43. The smallest absolute Gasteiger partial charge is 0.305 e. The summed E-state index contributed by atoms with van der Waals surface area (Å²) in [6.07, 6.45) is 5.91. The molecule has 72 valence electrons. The van der Waals surface area contributed by atoms with Crippen LogP contribution in [0.5, 0.6) is 0 Å². The Morgan fingerprint density at radius 3 is 2.85 bits per heavy atom. The lowest BCUT2D eigenvalue weighted by Gasteiger charge is -1.94. The van der Waals surface area contributed by atoms with Gasteiger partial charge in [-0.2, -0.15) is 0 Å². The summed E-state index contributed by atoms with van der Waals surface area (Å²) >= 11 is 0. The Balaban J connectivity index is 1.91. The molecule has 1 aliphatic rings. The van der Waals surface area contributed by atoms with E-state index in [9.17, 15) is 4.79 Å². The Morgan fingerprint density at radius 1 is 1.46 bits per heavy atom. The largest absolute Gasteiger partial charge is 0.469 e. The summed E-state index contributed by atoms with van der Waals surface area (Å²) in [5, 5.41) is 0. The van der Waals surface area contributed by atoms with Crippen LogP contribution in [-0.4, -0.2) is 13.1 Å². The molecule has 0 atom stereocenters. The van der Waals surface area contributed by atoms with Crippen molar-refractivity contribution < 1.29 is 9.53 Å². The molecule has 0 N–H and O–H groups in total. The molecule has 0 aromatic heterocycles. The highest BCUT2D eigenvalue weighted by atomic mass is 16.5. The number of ether oxygens (including phenoxy) is 1. The zero-order valence-corrected chi connectivity index (χ0v) is 8.14. The standard InChI is InChI=1S/C11H16O2/c1-13-11(12)7-5-3-2-4-6-10-8-9-10/h10H,3,5-9H2,1H3. The van der Waals surface area contributed by atoms with Crippen molar-refractivity contribution >= 4 is 5.97 Å². The minimum atomic E-state index is -0.135. The first-order chi connectivity index (χ1) is 6.33. The van der Waals surface area contributed by atoms with E-state index >= 15 is 0 Å². The number of carbonyl (C=O) groups is 1. The van der Waals surface area contributed by atoms with Gasteiger partial charge < -0.3 is 4.74 Å². The van der Waals surface area contributed by atoms with Gasteiger partial charge in [-0.25, -0.2) is 0 Å². The minimum Gasteiger partial charge on any atom is -0.469 e. The molecule has 1 rings (SSSR count). The van der Waals surface area contributed by atoms with Crippen LogP contribution in [0, 0.1) is 17.8 Å². The third kappa shape index (κ3) is 5.30. The number of unbranched alkanes of at least 4 members (excludes halogenated alkanes) is 1. The third-order valence-corrected chi connectivity index (χ3v) is 2.12. The molecule has 1 fully saturated rings. The van der Waals surface area contributed by atoms with Crippen LogP contribution >= 0.6 is 0 Å². The van der Waals surface area contributed by atoms with E-state index in [0.29, 0.717) is 6.42 Å². The van der Waals surface area contributed by atoms with Crippen molar-refractivity contribution in [2.45, 2.75) is 38.5 Å². The lowest BCUT2D eigenvalue weighted by Crippen LogP contribution is -1.98. The zero-order valence-electron chi connectivity index (χ0n) is 8.14. The molecule has 0 aromatic rings. The molecule has 0 amide bonds. The van der Waals surface area contributed by atoms with Gasteiger partial charge in [0.15, 0.2) is 0 Å². The maximum Gasteiger partial charge on any atom is 0.305 e. The van der Waals surface area contributed by atoms with Gasteiger partial charge in [-0.1, -0.05) is 0 Å². The summed E-state index contributed by atoms with van der Waals surface area (Å²) < 4.78 is 4.52. The molecule has 0 aromatic carbocycles. The van der Waals surface area contributed by atoms with Gasteiger partial charge in [0.25, 0.3) is 0 Å². The van der Waals surface area contributed by atoms with E-state index in [1.54, 1.807) is 0 Å². The highest BCUT2D eigenvalue weighted by Crippen LogP contribution is 2.31. The van der Waals surface area contributed by atoms with E-state index in [0.717, 1.165) is 25.2 Å². The molecule has 0 heterocycles. The Labute approximate surface area is 79.7 Å². The van der Waals surface area contributed by atoms with Gasteiger partial charge in [0.2, 0.25) is 0 Å². The normalized spacial score (nSPS) is 14.5. The third-order valence-electron chi connectivity index (χ3n) is 2.12. The first-order valence-corrected chi connectivity index (χ1v) is 4.85. The Bertz CT molecular complexity index is 218. The van der Waals surface area contributed by atoms with Crippen LogP contribution in [0.25, 0.3) is 0 Å². The average Bonchev–Trinajstić information content (AvgIpc) is 2.94. The number of hydrogen-bond donors (Lipinski definition) is 0. The van der Waals surface area contributed by atoms with Crippen LogP contribution < -0.4 is 0 Å². The average molecular weight is 180 g/mol. The number of methoxy groups -OCH3 is 1. The molecule has 0 bridgehead atoms. The van der Waals surface area contributed by atoms with Crippen LogP contribution in [0.2, 0.25) is 0 Å². The van der Waals surface area contributed by atoms with Gasteiger partial charge in [-0.05, 0) is 25.2 Å². The van der Waals surface area contributed by atoms with Gasteiger partial charge >= 0.3 is 5.97 Å². The maximum absolute atomic E-state index is 10.7.